The lowest BCUT2D eigenvalue weighted by atomic mass is 9.89. The van der Waals surface area contributed by atoms with Gasteiger partial charge in [-0.1, -0.05) is 19.3 Å². The smallest absolute Gasteiger partial charge is 0.0738 e. The molecule has 84 valence electrons. The van der Waals surface area contributed by atoms with Gasteiger partial charge in [0.05, 0.1) is 10.2 Å². The van der Waals surface area contributed by atoms with Gasteiger partial charge >= 0.3 is 0 Å². The largest absolute Gasteiger partial charge is 0.268 e. The third-order valence-electron chi connectivity index (χ3n) is 3.45. The first kappa shape index (κ1) is 11.2. The second-order valence-electron chi connectivity index (χ2n) is 4.67. The van der Waals surface area contributed by atoms with E-state index >= 15 is 0 Å². The summed E-state index contributed by atoms with van der Waals surface area (Å²) in [6, 6.07) is 0. The molecule has 0 N–H and O–H groups in total. The molecule has 1 aromatic heterocycles. The Morgan fingerprint density at radius 2 is 1.93 bits per heavy atom. The van der Waals surface area contributed by atoms with E-state index in [0.717, 1.165) is 18.2 Å². The third-order valence-corrected chi connectivity index (χ3v) is 4.60. The second kappa shape index (κ2) is 4.69. The highest BCUT2D eigenvalue weighted by Crippen LogP contribution is 2.27. The van der Waals surface area contributed by atoms with Crippen LogP contribution >= 0.6 is 15.9 Å². The van der Waals surface area contributed by atoms with Gasteiger partial charge in [-0.15, -0.1) is 0 Å². The number of halogens is 1. The molecule has 15 heavy (non-hydrogen) atoms. The van der Waals surface area contributed by atoms with Gasteiger partial charge in [0.15, 0.2) is 0 Å². The van der Waals surface area contributed by atoms with Crippen molar-refractivity contribution >= 4 is 15.9 Å². The van der Waals surface area contributed by atoms with Crippen LogP contribution in [0.15, 0.2) is 4.47 Å². The molecule has 1 heterocycles. The first-order valence-electron chi connectivity index (χ1n) is 5.88. The van der Waals surface area contributed by atoms with Crippen LogP contribution in [0.2, 0.25) is 0 Å². The summed E-state index contributed by atoms with van der Waals surface area (Å²) in [4.78, 5) is 0. The average Bonchev–Trinajstić information content (AvgIpc) is 2.48. The highest BCUT2D eigenvalue weighted by Gasteiger charge is 2.16. The van der Waals surface area contributed by atoms with Crippen molar-refractivity contribution < 1.29 is 0 Å². The van der Waals surface area contributed by atoms with Gasteiger partial charge in [-0.05, 0) is 48.5 Å². The van der Waals surface area contributed by atoms with Gasteiger partial charge < -0.3 is 0 Å². The minimum atomic E-state index is 0.851. The molecule has 1 aliphatic carbocycles. The first-order valence-corrected chi connectivity index (χ1v) is 6.67. The van der Waals surface area contributed by atoms with Crippen LogP contribution in [0.4, 0.5) is 0 Å². The molecular formula is C12H19BrN2. The molecule has 0 unspecified atom stereocenters. The SMILES string of the molecule is Cc1nn(CC2CCCCC2)c(C)c1Br. The topological polar surface area (TPSA) is 17.8 Å². The van der Waals surface area contributed by atoms with Gasteiger partial charge in [-0.3, -0.25) is 4.68 Å². The van der Waals surface area contributed by atoms with E-state index in [4.69, 9.17) is 0 Å². The fourth-order valence-corrected chi connectivity index (χ4v) is 2.75. The van der Waals surface area contributed by atoms with E-state index in [2.05, 4.69) is 39.6 Å². The molecule has 3 heteroatoms. The summed E-state index contributed by atoms with van der Waals surface area (Å²) < 4.78 is 3.35. The number of hydrogen-bond acceptors (Lipinski definition) is 1. The maximum Gasteiger partial charge on any atom is 0.0738 e. The third kappa shape index (κ3) is 2.44. The molecule has 0 spiro atoms. The maximum atomic E-state index is 4.57. The second-order valence-corrected chi connectivity index (χ2v) is 5.46. The Morgan fingerprint density at radius 3 is 2.47 bits per heavy atom. The summed E-state index contributed by atoms with van der Waals surface area (Å²) in [5.74, 6) is 0.851. The van der Waals surface area contributed by atoms with E-state index in [1.807, 2.05) is 0 Å². The van der Waals surface area contributed by atoms with E-state index < -0.39 is 0 Å². The molecule has 1 saturated carbocycles. The van der Waals surface area contributed by atoms with Crippen LogP contribution in [0, 0.1) is 19.8 Å². The van der Waals surface area contributed by atoms with Crippen molar-refractivity contribution in [2.45, 2.75) is 52.5 Å². The molecule has 2 nitrogen and oxygen atoms in total. The zero-order valence-corrected chi connectivity index (χ0v) is 11.2. The maximum absolute atomic E-state index is 4.57. The molecule has 0 radical (unpaired) electrons. The fourth-order valence-electron chi connectivity index (χ4n) is 2.47. The van der Waals surface area contributed by atoms with E-state index in [9.17, 15) is 0 Å². The Hall–Kier alpha value is -0.310. The Labute approximate surface area is 100 Å². The summed E-state index contributed by atoms with van der Waals surface area (Å²) in [6.07, 6.45) is 7.01. The van der Waals surface area contributed by atoms with Crippen LogP contribution in [-0.4, -0.2) is 9.78 Å². The first-order chi connectivity index (χ1) is 7.18. The van der Waals surface area contributed by atoms with Crippen LogP contribution in [0.3, 0.4) is 0 Å². The Balaban J connectivity index is 2.06. The molecule has 0 amide bonds. The number of nitrogens with zero attached hydrogens (tertiary/aromatic N) is 2. The highest BCUT2D eigenvalue weighted by atomic mass is 79.9. The molecular weight excluding hydrogens is 252 g/mol. The Morgan fingerprint density at radius 1 is 1.27 bits per heavy atom. The Bertz CT molecular complexity index is 338. The van der Waals surface area contributed by atoms with E-state index in [0.29, 0.717) is 0 Å². The molecule has 0 aromatic carbocycles. The van der Waals surface area contributed by atoms with Crippen molar-refractivity contribution in [1.29, 1.82) is 0 Å². The molecule has 1 fully saturated rings. The van der Waals surface area contributed by atoms with Crippen molar-refractivity contribution in [3.8, 4) is 0 Å². The molecule has 0 atom stereocenters. The molecule has 0 aliphatic heterocycles. The van der Waals surface area contributed by atoms with Crippen LogP contribution in [0.25, 0.3) is 0 Å². The quantitative estimate of drug-likeness (QED) is 0.799. The zero-order valence-electron chi connectivity index (χ0n) is 9.59. The number of rotatable bonds is 2. The standard InChI is InChI=1S/C12H19BrN2/c1-9-12(13)10(2)15(14-9)8-11-6-4-3-5-7-11/h11H,3-8H2,1-2H3. The number of hydrogen-bond donors (Lipinski definition) is 0. The summed E-state index contributed by atoms with van der Waals surface area (Å²) >= 11 is 3.58. The number of aromatic nitrogens is 2. The average molecular weight is 271 g/mol. The van der Waals surface area contributed by atoms with Crippen LogP contribution in [0.5, 0.6) is 0 Å². The van der Waals surface area contributed by atoms with Crippen molar-refractivity contribution in [2.24, 2.45) is 5.92 Å². The minimum absolute atomic E-state index is 0.851. The van der Waals surface area contributed by atoms with E-state index in [-0.39, 0.29) is 0 Å². The van der Waals surface area contributed by atoms with Crippen LogP contribution in [-0.2, 0) is 6.54 Å². The summed E-state index contributed by atoms with van der Waals surface area (Å²) in [6.45, 7) is 5.32. The predicted octanol–water partition coefficient (Wildman–Crippen LogP) is 3.84. The minimum Gasteiger partial charge on any atom is -0.268 e. The van der Waals surface area contributed by atoms with Gasteiger partial charge in [-0.25, -0.2) is 0 Å². The molecule has 0 bridgehead atoms. The van der Waals surface area contributed by atoms with Gasteiger partial charge in [0.1, 0.15) is 0 Å². The highest BCUT2D eigenvalue weighted by molar-refractivity contribution is 9.10. The fraction of sp³-hybridized carbons (Fsp3) is 0.750. The van der Waals surface area contributed by atoms with Gasteiger partial charge in [0, 0.05) is 12.2 Å². The van der Waals surface area contributed by atoms with Crippen LogP contribution < -0.4 is 0 Å². The summed E-state index contributed by atoms with van der Waals surface area (Å²) in [5.41, 5.74) is 2.39. The van der Waals surface area contributed by atoms with Gasteiger partial charge in [0.2, 0.25) is 0 Å². The monoisotopic (exact) mass is 270 g/mol. The van der Waals surface area contributed by atoms with E-state index in [1.54, 1.807) is 0 Å². The normalized spacial score (nSPS) is 18.3. The van der Waals surface area contributed by atoms with Gasteiger partial charge in [0.25, 0.3) is 0 Å². The molecule has 1 aliphatic rings. The zero-order chi connectivity index (χ0) is 10.8. The Kier molecular flexibility index (Phi) is 3.49. The van der Waals surface area contributed by atoms with Crippen molar-refractivity contribution in [2.75, 3.05) is 0 Å². The summed E-state index contributed by atoms with van der Waals surface area (Å²) in [5, 5.41) is 4.57. The lowest BCUT2D eigenvalue weighted by Gasteiger charge is -2.21. The van der Waals surface area contributed by atoms with Crippen molar-refractivity contribution in [3.63, 3.8) is 0 Å². The molecule has 2 rings (SSSR count). The molecule has 0 saturated heterocycles. The lowest BCUT2D eigenvalue weighted by molar-refractivity contribution is 0.305. The molecule has 1 aromatic rings. The summed E-state index contributed by atoms with van der Waals surface area (Å²) in [7, 11) is 0. The predicted molar refractivity (Wildman–Crippen MR) is 66.0 cm³/mol. The van der Waals surface area contributed by atoms with Crippen molar-refractivity contribution in [1.82, 2.24) is 9.78 Å². The van der Waals surface area contributed by atoms with Crippen LogP contribution in [0.1, 0.15) is 43.5 Å². The van der Waals surface area contributed by atoms with Crippen molar-refractivity contribution in [3.05, 3.63) is 15.9 Å². The van der Waals surface area contributed by atoms with Gasteiger partial charge in [-0.2, -0.15) is 5.10 Å². The van der Waals surface area contributed by atoms with E-state index in [1.165, 1.54) is 42.3 Å². The lowest BCUT2D eigenvalue weighted by Crippen LogP contribution is -2.16. The number of aryl methyl sites for hydroxylation is 1.